The third-order valence-corrected chi connectivity index (χ3v) is 5.18. The van der Waals surface area contributed by atoms with Gasteiger partial charge in [-0.25, -0.2) is 0 Å². The maximum absolute atomic E-state index is 12.3. The van der Waals surface area contributed by atoms with Crippen molar-refractivity contribution < 1.29 is 19.1 Å². The Kier molecular flexibility index (Phi) is 4.85. The number of hydrogen-bond acceptors (Lipinski definition) is 5. The van der Waals surface area contributed by atoms with E-state index in [0.29, 0.717) is 23.8 Å². The van der Waals surface area contributed by atoms with Crippen LogP contribution in [0.25, 0.3) is 0 Å². The summed E-state index contributed by atoms with van der Waals surface area (Å²) in [6.07, 6.45) is 6.53. The first-order valence-corrected chi connectivity index (χ1v) is 8.65. The molecule has 2 N–H and O–H groups in total. The van der Waals surface area contributed by atoms with Crippen LogP contribution in [0, 0.1) is 0 Å². The lowest BCUT2D eigenvalue weighted by molar-refractivity contribution is -0.117. The molecule has 0 aromatic carbocycles. The van der Waals surface area contributed by atoms with Gasteiger partial charge in [-0.05, 0) is 31.2 Å². The normalized spacial score (nSPS) is 17.0. The number of carbonyl (C=O) groups excluding carboxylic acids is 2. The molecular weight excluding hydrogens is 316 g/mol. The Morgan fingerprint density at radius 2 is 1.96 bits per heavy atom. The summed E-state index contributed by atoms with van der Waals surface area (Å²) in [7, 11) is 1.61. The van der Waals surface area contributed by atoms with Crippen LogP contribution in [0.15, 0.2) is 12.0 Å². The van der Waals surface area contributed by atoms with Gasteiger partial charge in [0.1, 0.15) is 24.5 Å². The van der Waals surface area contributed by atoms with E-state index >= 15 is 0 Å². The maximum atomic E-state index is 12.3. The van der Waals surface area contributed by atoms with Crippen LogP contribution in [-0.4, -0.2) is 32.1 Å². The van der Waals surface area contributed by atoms with Crippen LogP contribution >= 0.6 is 11.3 Å². The summed E-state index contributed by atoms with van der Waals surface area (Å²) in [4.78, 5) is 25.8. The van der Waals surface area contributed by atoms with Crippen molar-refractivity contribution in [2.75, 3.05) is 25.6 Å². The lowest BCUT2D eigenvalue weighted by Crippen LogP contribution is -2.24. The Hall–Kier alpha value is -2.02. The molecule has 2 heterocycles. The number of nitrogens with one attached hydrogen (secondary N) is 2. The van der Waals surface area contributed by atoms with Gasteiger partial charge in [-0.15, -0.1) is 11.3 Å². The molecule has 7 heteroatoms. The smallest absolute Gasteiger partial charge is 0.294 e. The Balaban J connectivity index is 1.90. The SMILES string of the molecule is CNC(=O)c1c(NC(=O)C2=COCCO2)sc2c1CCCCC2. The van der Waals surface area contributed by atoms with E-state index in [-0.39, 0.29) is 17.6 Å². The summed E-state index contributed by atoms with van der Waals surface area (Å²) in [6.45, 7) is 0.788. The number of hydrogen-bond donors (Lipinski definition) is 2. The predicted molar refractivity (Wildman–Crippen MR) is 87.6 cm³/mol. The molecule has 124 valence electrons. The molecular formula is C16H20N2O4S. The first-order valence-electron chi connectivity index (χ1n) is 7.83. The number of ether oxygens (including phenoxy) is 2. The number of anilines is 1. The highest BCUT2D eigenvalue weighted by molar-refractivity contribution is 7.17. The first-order chi connectivity index (χ1) is 11.2. The molecule has 1 aromatic heterocycles. The van der Waals surface area contributed by atoms with E-state index in [4.69, 9.17) is 9.47 Å². The van der Waals surface area contributed by atoms with Crippen LogP contribution in [0.4, 0.5) is 5.00 Å². The molecule has 0 atom stereocenters. The second-order valence-electron chi connectivity index (χ2n) is 5.50. The molecule has 0 unspecified atom stereocenters. The van der Waals surface area contributed by atoms with Gasteiger partial charge in [-0.2, -0.15) is 0 Å². The second-order valence-corrected chi connectivity index (χ2v) is 6.61. The van der Waals surface area contributed by atoms with Gasteiger partial charge in [-0.3, -0.25) is 9.59 Å². The predicted octanol–water partition coefficient (Wildman–Crippen LogP) is 2.20. The van der Waals surface area contributed by atoms with Gasteiger partial charge >= 0.3 is 0 Å². The summed E-state index contributed by atoms with van der Waals surface area (Å²) in [5.74, 6) is -0.400. The standard InChI is InChI=1S/C16H20N2O4S/c1-17-15(20)13-10-5-3-2-4-6-12(10)23-16(13)18-14(19)11-9-21-7-8-22-11/h9H,2-8H2,1H3,(H,17,20)(H,18,19). The van der Waals surface area contributed by atoms with Crippen molar-refractivity contribution in [2.24, 2.45) is 0 Å². The average molecular weight is 336 g/mol. The van der Waals surface area contributed by atoms with Gasteiger partial charge < -0.3 is 20.1 Å². The molecule has 1 aromatic rings. The molecule has 1 aliphatic carbocycles. The van der Waals surface area contributed by atoms with Crippen LogP contribution < -0.4 is 10.6 Å². The van der Waals surface area contributed by atoms with E-state index in [2.05, 4.69) is 10.6 Å². The van der Waals surface area contributed by atoms with Gasteiger partial charge in [0.2, 0.25) is 5.76 Å². The van der Waals surface area contributed by atoms with Gasteiger partial charge in [0.25, 0.3) is 11.8 Å². The maximum Gasteiger partial charge on any atom is 0.294 e. The van der Waals surface area contributed by atoms with E-state index in [1.807, 2.05) is 0 Å². The minimum atomic E-state index is -0.383. The van der Waals surface area contributed by atoms with Crippen LogP contribution in [-0.2, 0) is 27.1 Å². The fourth-order valence-corrected chi connectivity index (χ4v) is 4.13. The van der Waals surface area contributed by atoms with Crippen molar-refractivity contribution in [3.8, 4) is 0 Å². The molecule has 1 aliphatic heterocycles. The van der Waals surface area contributed by atoms with Crippen molar-refractivity contribution in [1.29, 1.82) is 0 Å². The zero-order chi connectivity index (χ0) is 16.2. The minimum Gasteiger partial charge on any atom is -0.494 e. The molecule has 2 amide bonds. The molecule has 0 radical (unpaired) electrons. The van der Waals surface area contributed by atoms with Gasteiger partial charge in [0.05, 0.1) is 5.56 Å². The van der Waals surface area contributed by atoms with E-state index in [0.717, 1.165) is 31.2 Å². The van der Waals surface area contributed by atoms with E-state index in [1.165, 1.54) is 28.9 Å². The second kappa shape index (κ2) is 7.04. The quantitative estimate of drug-likeness (QED) is 0.830. The number of amides is 2. The van der Waals surface area contributed by atoms with Crippen LogP contribution in [0.3, 0.4) is 0 Å². The summed E-state index contributed by atoms with van der Waals surface area (Å²) >= 11 is 1.49. The summed E-state index contributed by atoms with van der Waals surface area (Å²) < 4.78 is 10.4. The molecule has 0 bridgehead atoms. The summed E-state index contributed by atoms with van der Waals surface area (Å²) in [5, 5.41) is 6.09. The number of aryl methyl sites for hydroxylation is 1. The zero-order valence-electron chi connectivity index (χ0n) is 13.1. The third kappa shape index (κ3) is 3.34. The lowest BCUT2D eigenvalue weighted by atomic mass is 10.0. The number of fused-ring (bicyclic) bond motifs is 1. The van der Waals surface area contributed by atoms with Crippen LogP contribution in [0.2, 0.25) is 0 Å². The Bertz CT molecular complexity index is 651. The van der Waals surface area contributed by atoms with Crippen molar-refractivity contribution >= 4 is 28.2 Å². The molecule has 6 nitrogen and oxygen atoms in total. The topological polar surface area (TPSA) is 76.7 Å². The van der Waals surface area contributed by atoms with Crippen molar-refractivity contribution in [1.82, 2.24) is 5.32 Å². The highest BCUT2D eigenvalue weighted by Gasteiger charge is 2.26. The summed E-state index contributed by atoms with van der Waals surface area (Å²) in [5.41, 5.74) is 1.68. The molecule has 0 fully saturated rings. The van der Waals surface area contributed by atoms with Crippen LogP contribution in [0.1, 0.15) is 40.1 Å². The molecule has 0 saturated heterocycles. The fourth-order valence-electron chi connectivity index (χ4n) is 2.85. The van der Waals surface area contributed by atoms with Gasteiger partial charge in [0, 0.05) is 11.9 Å². The highest BCUT2D eigenvalue weighted by atomic mass is 32.1. The first kappa shape index (κ1) is 15.9. The average Bonchev–Trinajstić information content (AvgIpc) is 2.76. The number of thiophene rings is 1. The minimum absolute atomic E-state index is 0.141. The van der Waals surface area contributed by atoms with Gasteiger partial charge in [-0.1, -0.05) is 6.42 Å². The van der Waals surface area contributed by atoms with Crippen molar-refractivity contribution in [2.45, 2.75) is 32.1 Å². The lowest BCUT2D eigenvalue weighted by Gasteiger charge is -2.15. The number of rotatable bonds is 3. The van der Waals surface area contributed by atoms with Crippen molar-refractivity contribution in [3.05, 3.63) is 28.0 Å². The van der Waals surface area contributed by atoms with Crippen LogP contribution in [0.5, 0.6) is 0 Å². The fraction of sp³-hybridized carbons (Fsp3) is 0.500. The number of carbonyl (C=O) groups is 2. The van der Waals surface area contributed by atoms with E-state index < -0.39 is 0 Å². The monoisotopic (exact) mass is 336 g/mol. The third-order valence-electron chi connectivity index (χ3n) is 3.98. The van der Waals surface area contributed by atoms with E-state index in [9.17, 15) is 9.59 Å². The molecule has 0 spiro atoms. The molecule has 2 aliphatic rings. The van der Waals surface area contributed by atoms with E-state index in [1.54, 1.807) is 7.05 Å². The Labute approximate surface area is 138 Å². The molecule has 3 rings (SSSR count). The summed E-state index contributed by atoms with van der Waals surface area (Å²) in [6, 6.07) is 0. The largest absolute Gasteiger partial charge is 0.494 e. The Morgan fingerprint density at radius 1 is 1.13 bits per heavy atom. The molecule has 23 heavy (non-hydrogen) atoms. The van der Waals surface area contributed by atoms with Gasteiger partial charge in [0.15, 0.2) is 0 Å². The Morgan fingerprint density at radius 3 is 2.70 bits per heavy atom. The molecule has 0 saturated carbocycles. The zero-order valence-corrected chi connectivity index (χ0v) is 13.9. The van der Waals surface area contributed by atoms with Crippen molar-refractivity contribution in [3.63, 3.8) is 0 Å². The highest BCUT2D eigenvalue weighted by Crippen LogP contribution is 2.37.